The molecule has 1 saturated heterocycles. The lowest BCUT2D eigenvalue weighted by Gasteiger charge is -2.45. The second-order valence-electron chi connectivity index (χ2n) is 7.14. The van der Waals surface area contributed by atoms with E-state index in [2.05, 4.69) is 26.6 Å². The molecule has 1 aliphatic rings. The molecule has 3 atom stereocenters. The zero-order valence-electron chi connectivity index (χ0n) is 17.4. The van der Waals surface area contributed by atoms with Gasteiger partial charge in [-0.05, 0) is 31.0 Å². The Hall–Kier alpha value is -2.71. The standard InChI is InChI=1S/C23H25BrN2O5/c1-3-13-30-21(28)23(31-4-2)18(20(27)15-9-6-5-7-10-15)19(25-22(29)26-23)16-11-8-12-17(24)14-16/h5-12,14,18-19H,3-4,13H2,1-2H3,(H2,25,26,29). The molecule has 2 aromatic carbocycles. The van der Waals surface area contributed by atoms with Crippen molar-refractivity contribution >= 4 is 33.7 Å². The van der Waals surface area contributed by atoms with Crippen molar-refractivity contribution in [2.75, 3.05) is 13.2 Å². The van der Waals surface area contributed by atoms with Crippen molar-refractivity contribution in [1.82, 2.24) is 10.6 Å². The first-order valence-corrected chi connectivity index (χ1v) is 11.0. The van der Waals surface area contributed by atoms with Crippen molar-refractivity contribution in [2.45, 2.75) is 32.0 Å². The molecule has 3 rings (SSSR count). The summed E-state index contributed by atoms with van der Waals surface area (Å²) in [5.41, 5.74) is -0.907. The van der Waals surface area contributed by atoms with E-state index in [4.69, 9.17) is 9.47 Å². The highest BCUT2D eigenvalue weighted by atomic mass is 79.9. The largest absolute Gasteiger partial charge is 0.462 e. The summed E-state index contributed by atoms with van der Waals surface area (Å²) in [4.78, 5) is 39.7. The number of rotatable bonds is 8. The highest BCUT2D eigenvalue weighted by Crippen LogP contribution is 2.39. The van der Waals surface area contributed by atoms with Crippen LogP contribution in [0.1, 0.15) is 42.2 Å². The summed E-state index contributed by atoms with van der Waals surface area (Å²) in [6, 6.07) is 14.4. The van der Waals surface area contributed by atoms with E-state index < -0.39 is 29.7 Å². The van der Waals surface area contributed by atoms with Crippen LogP contribution in [0.4, 0.5) is 4.79 Å². The minimum absolute atomic E-state index is 0.0886. The number of carbonyl (C=O) groups is 3. The molecule has 1 fully saturated rings. The predicted molar refractivity (Wildman–Crippen MR) is 118 cm³/mol. The predicted octanol–water partition coefficient (Wildman–Crippen LogP) is 3.99. The van der Waals surface area contributed by atoms with E-state index in [0.717, 1.165) is 4.47 Å². The van der Waals surface area contributed by atoms with Crippen molar-refractivity contribution in [2.24, 2.45) is 5.92 Å². The fourth-order valence-electron chi connectivity index (χ4n) is 3.73. The van der Waals surface area contributed by atoms with Gasteiger partial charge in [0.1, 0.15) is 5.92 Å². The van der Waals surface area contributed by atoms with E-state index in [-0.39, 0.29) is 19.0 Å². The molecule has 0 spiro atoms. The number of amides is 2. The number of carbonyl (C=O) groups excluding carboxylic acids is 3. The van der Waals surface area contributed by atoms with Gasteiger partial charge in [0.2, 0.25) is 0 Å². The number of halogens is 1. The molecule has 7 nitrogen and oxygen atoms in total. The number of hydrogen-bond acceptors (Lipinski definition) is 5. The Balaban J connectivity index is 2.18. The topological polar surface area (TPSA) is 93.7 Å². The summed E-state index contributed by atoms with van der Waals surface area (Å²) in [7, 11) is 0. The van der Waals surface area contributed by atoms with Gasteiger partial charge in [0, 0.05) is 16.6 Å². The highest BCUT2D eigenvalue weighted by Gasteiger charge is 2.59. The lowest BCUT2D eigenvalue weighted by atomic mass is 9.77. The molecule has 0 aliphatic carbocycles. The quantitative estimate of drug-likeness (QED) is 0.432. The van der Waals surface area contributed by atoms with Crippen LogP contribution in [0.25, 0.3) is 0 Å². The Morgan fingerprint density at radius 3 is 2.48 bits per heavy atom. The molecule has 0 bridgehead atoms. The zero-order valence-corrected chi connectivity index (χ0v) is 19.0. The van der Waals surface area contributed by atoms with Crippen LogP contribution in [0.3, 0.4) is 0 Å². The normalized spacial score (nSPS) is 22.9. The van der Waals surface area contributed by atoms with Crippen molar-refractivity contribution in [3.8, 4) is 0 Å². The van der Waals surface area contributed by atoms with E-state index in [0.29, 0.717) is 17.5 Å². The van der Waals surface area contributed by atoms with Gasteiger partial charge in [-0.25, -0.2) is 9.59 Å². The fourth-order valence-corrected chi connectivity index (χ4v) is 4.14. The number of ketones is 1. The smallest absolute Gasteiger partial charge is 0.360 e. The number of ether oxygens (including phenoxy) is 2. The number of urea groups is 1. The monoisotopic (exact) mass is 488 g/mol. The molecule has 2 aromatic rings. The van der Waals surface area contributed by atoms with Crippen LogP contribution in [-0.2, 0) is 14.3 Å². The third-order valence-electron chi connectivity index (χ3n) is 5.02. The van der Waals surface area contributed by atoms with Gasteiger partial charge in [0.25, 0.3) is 5.72 Å². The van der Waals surface area contributed by atoms with E-state index in [1.165, 1.54) is 0 Å². The Bertz CT molecular complexity index is 952. The minimum Gasteiger partial charge on any atom is -0.462 e. The molecule has 8 heteroatoms. The van der Waals surface area contributed by atoms with Gasteiger partial charge in [-0.2, -0.15) is 0 Å². The van der Waals surface area contributed by atoms with Gasteiger partial charge in [0.05, 0.1) is 12.6 Å². The summed E-state index contributed by atoms with van der Waals surface area (Å²) >= 11 is 3.43. The molecule has 0 radical (unpaired) electrons. The van der Waals surface area contributed by atoms with Crippen molar-refractivity contribution in [1.29, 1.82) is 0 Å². The first-order valence-electron chi connectivity index (χ1n) is 10.2. The molecule has 2 N–H and O–H groups in total. The molecule has 0 aromatic heterocycles. The van der Waals surface area contributed by atoms with Crippen LogP contribution in [0.15, 0.2) is 59.1 Å². The van der Waals surface area contributed by atoms with Crippen LogP contribution in [0, 0.1) is 5.92 Å². The third kappa shape index (κ3) is 4.80. The molecular weight excluding hydrogens is 464 g/mol. The van der Waals surface area contributed by atoms with Crippen molar-refractivity contribution in [3.05, 3.63) is 70.2 Å². The van der Waals surface area contributed by atoms with Crippen LogP contribution in [-0.4, -0.2) is 36.7 Å². The summed E-state index contributed by atoms with van der Waals surface area (Å²) in [5, 5.41) is 5.38. The van der Waals surface area contributed by atoms with Crippen LogP contribution in [0.5, 0.6) is 0 Å². The lowest BCUT2D eigenvalue weighted by Crippen LogP contribution is -2.71. The minimum atomic E-state index is -1.97. The molecule has 0 saturated carbocycles. The number of benzene rings is 2. The number of hydrogen-bond donors (Lipinski definition) is 2. The molecule has 31 heavy (non-hydrogen) atoms. The fraction of sp³-hybridized carbons (Fsp3) is 0.348. The summed E-state index contributed by atoms with van der Waals surface area (Å²) in [5.74, 6) is -2.24. The number of nitrogens with one attached hydrogen (secondary N) is 2. The van der Waals surface area contributed by atoms with Crippen LogP contribution < -0.4 is 10.6 Å². The summed E-state index contributed by atoms with van der Waals surface area (Å²) in [6.07, 6.45) is 0.590. The maximum Gasteiger partial charge on any atom is 0.360 e. The Morgan fingerprint density at radius 2 is 1.84 bits per heavy atom. The highest BCUT2D eigenvalue weighted by molar-refractivity contribution is 9.10. The second-order valence-corrected chi connectivity index (χ2v) is 8.06. The average molecular weight is 489 g/mol. The second kappa shape index (κ2) is 10.1. The van der Waals surface area contributed by atoms with Gasteiger partial charge in [-0.15, -0.1) is 0 Å². The maximum atomic E-state index is 13.8. The van der Waals surface area contributed by atoms with Crippen LogP contribution in [0.2, 0.25) is 0 Å². The molecule has 1 aliphatic heterocycles. The number of esters is 1. The molecular formula is C23H25BrN2O5. The molecule has 1 heterocycles. The van der Waals surface area contributed by atoms with Gasteiger partial charge in [0.15, 0.2) is 5.78 Å². The number of Topliss-reactive ketones (excluding diaryl/α,β-unsaturated/α-hetero) is 1. The molecule has 164 valence electrons. The summed E-state index contributed by atoms with van der Waals surface area (Å²) < 4.78 is 12.0. The van der Waals surface area contributed by atoms with Gasteiger partial charge >= 0.3 is 12.0 Å². The first kappa shape index (κ1) is 23.0. The molecule has 3 unspecified atom stereocenters. The first-order chi connectivity index (χ1) is 14.9. The van der Waals surface area contributed by atoms with Crippen molar-refractivity contribution in [3.63, 3.8) is 0 Å². The molecule has 2 amide bonds. The average Bonchev–Trinajstić information content (AvgIpc) is 2.77. The Morgan fingerprint density at radius 1 is 1.10 bits per heavy atom. The Labute approximate surface area is 189 Å². The van der Waals surface area contributed by atoms with Gasteiger partial charge < -0.3 is 14.8 Å². The zero-order chi connectivity index (χ0) is 22.4. The Kier molecular flexibility index (Phi) is 7.46. The maximum absolute atomic E-state index is 13.8. The van der Waals surface area contributed by atoms with E-state index in [9.17, 15) is 14.4 Å². The van der Waals surface area contributed by atoms with Crippen molar-refractivity contribution < 1.29 is 23.9 Å². The van der Waals surface area contributed by atoms with E-state index >= 15 is 0 Å². The van der Waals surface area contributed by atoms with E-state index in [1.807, 2.05) is 13.0 Å². The lowest BCUT2D eigenvalue weighted by molar-refractivity contribution is -0.186. The van der Waals surface area contributed by atoms with Gasteiger partial charge in [-0.1, -0.05) is 65.3 Å². The van der Waals surface area contributed by atoms with Crippen LogP contribution >= 0.6 is 15.9 Å². The summed E-state index contributed by atoms with van der Waals surface area (Å²) in [6.45, 7) is 3.79. The van der Waals surface area contributed by atoms with E-state index in [1.54, 1.807) is 55.5 Å². The van der Waals surface area contributed by atoms with Gasteiger partial charge in [-0.3, -0.25) is 10.1 Å². The SMILES string of the molecule is CCCOC(=O)C1(OCC)NC(=O)NC(c2cccc(Br)c2)C1C(=O)c1ccccc1. The third-order valence-corrected chi connectivity index (χ3v) is 5.51.